The fourth-order valence-corrected chi connectivity index (χ4v) is 2.81. The van der Waals surface area contributed by atoms with Crippen molar-refractivity contribution in [2.24, 2.45) is 11.8 Å². The van der Waals surface area contributed by atoms with E-state index in [0.29, 0.717) is 5.92 Å². The van der Waals surface area contributed by atoms with Crippen molar-refractivity contribution < 1.29 is 5.11 Å². The van der Waals surface area contributed by atoms with E-state index < -0.39 is 5.60 Å². The Morgan fingerprint density at radius 3 is 2.91 bits per heavy atom. The normalized spacial score (nSPS) is 49.2. The monoisotopic (exact) mass is 152 g/mol. The van der Waals surface area contributed by atoms with Gasteiger partial charge in [0.25, 0.3) is 0 Å². The number of fused-ring (bicyclic) bond motifs is 2. The van der Waals surface area contributed by atoms with E-state index in [2.05, 4.69) is 6.58 Å². The first-order valence-electron chi connectivity index (χ1n) is 4.60. The van der Waals surface area contributed by atoms with Crippen LogP contribution in [0.5, 0.6) is 0 Å². The average molecular weight is 152 g/mol. The van der Waals surface area contributed by atoms with Gasteiger partial charge in [-0.15, -0.1) is 6.58 Å². The Labute approximate surface area is 68.1 Å². The van der Waals surface area contributed by atoms with E-state index in [9.17, 15) is 5.11 Å². The largest absolute Gasteiger partial charge is 0.386 e. The van der Waals surface area contributed by atoms with E-state index in [4.69, 9.17) is 0 Å². The summed E-state index contributed by atoms with van der Waals surface area (Å²) in [6.07, 6.45) is 7.82. The van der Waals surface area contributed by atoms with Gasteiger partial charge in [-0.3, -0.25) is 0 Å². The summed E-state index contributed by atoms with van der Waals surface area (Å²) in [5.74, 6) is 1.32. The second-order valence-corrected chi connectivity index (χ2v) is 4.13. The minimum atomic E-state index is -0.499. The van der Waals surface area contributed by atoms with E-state index in [1.54, 1.807) is 6.08 Å². The van der Waals surface area contributed by atoms with E-state index in [1.165, 1.54) is 25.7 Å². The lowest BCUT2D eigenvalue weighted by Gasteiger charge is -2.26. The predicted molar refractivity (Wildman–Crippen MR) is 45.2 cm³/mol. The maximum Gasteiger partial charge on any atom is 0.0855 e. The third kappa shape index (κ3) is 1.02. The van der Waals surface area contributed by atoms with Crippen molar-refractivity contribution in [1.29, 1.82) is 0 Å². The second-order valence-electron chi connectivity index (χ2n) is 4.13. The van der Waals surface area contributed by atoms with Crippen molar-refractivity contribution in [1.82, 2.24) is 0 Å². The first-order chi connectivity index (χ1) is 5.24. The number of hydrogen-bond donors (Lipinski definition) is 1. The molecule has 2 bridgehead atoms. The number of rotatable bonds is 1. The van der Waals surface area contributed by atoms with Crippen molar-refractivity contribution >= 4 is 0 Å². The predicted octanol–water partition coefficient (Wildman–Crippen LogP) is 2.11. The Balaban J connectivity index is 2.20. The summed E-state index contributed by atoms with van der Waals surface area (Å²) in [6.45, 7) is 3.72. The van der Waals surface area contributed by atoms with Crippen LogP contribution >= 0.6 is 0 Å². The molecule has 3 atom stereocenters. The molecule has 0 amide bonds. The SMILES string of the molecule is C=C[C@]1(O)C[C@H]2CCC[C@H]1C2. The lowest BCUT2D eigenvalue weighted by molar-refractivity contribution is 0.0493. The van der Waals surface area contributed by atoms with Crippen LogP contribution in [0.2, 0.25) is 0 Å². The van der Waals surface area contributed by atoms with Crippen molar-refractivity contribution in [3.8, 4) is 0 Å². The molecule has 0 unspecified atom stereocenters. The maximum atomic E-state index is 10.1. The molecule has 1 nitrogen and oxygen atoms in total. The van der Waals surface area contributed by atoms with Gasteiger partial charge >= 0.3 is 0 Å². The molecule has 0 aromatic heterocycles. The highest BCUT2D eigenvalue weighted by Gasteiger charge is 2.45. The average Bonchev–Trinajstić information content (AvgIpc) is 2.25. The van der Waals surface area contributed by atoms with Gasteiger partial charge in [0, 0.05) is 0 Å². The summed E-state index contributed by atoms with van der Waals surface area (Å²) in [5, 5.41) is 10.1. The molecule has 2 rings (SSSR count). The zero-order valence-electron chi connectivity index (χ0n) is 6.92. The summed E-state index contributed by atoms with van der Waals surface area (Å²) < 4.78 is 0. The highest BCUT2D eigenvalue weighted by atomic mass is 16.3. The zero-order chi connectivity index (χ0) is 7.90. The quantitative estimate of drug-likeness (QED) is 0.570. The lowest BCUT2D eigenvalue weighted by Crippen LogP contribution is -2.29. The van der Waals surface area contributed by atoms with Crippen LogP contribution in [0.3, 0.4) is 0 Å². The molecule has 0 aromatic rings. The van der Waals surface area contributed by atoms with Gasteiger partial charge in [0.2, 0.25) is 0 Å². The van der Waals surface area contributed by atoms with Gasteiger partial charge < -0.3 is 5.11 Å². The topological polar surface area (TPSA) is 20.2 Å². The first kappa shape index (κ1) is 7.35. The molecule has 11 heavy (non-hydrogen) atoms. The summed E-state index contributed by atoms with van der Waals surface area (Å²) >= 11 is 0. The van der Waals surface area contributed by atoms with Crippen molar-refractivity contribution in [2.75, 3.05) is 0 Å². The van der Waals surface area contributed by atoms with Gasteiger partial charge in [0.1, 0.15) is 0 Å². The van der Waals surface area contributed by atoms with Crippen LogP contribution in [0.25, 0.3) is 0 Å². The van der Waals surface area contributed by atoms with E-state index >= 15 is 0 Å². The fraction of sp³-hybridized carbons (Fsp3) is 0.800. The van der Waals surface area contributed by atoms with Crippen LogP contribution in [0, 0.1) is 11.8 Å². The van der Waals surface area contributed by atoms with Crippen molar-refractivity contribution in [2.45, 2.75) is 37.7 Å². The van der Waals surface area contributed by atoms with Crippen LogP contribution in [-0.4, -0.2) is 10.7 Å². The van der Waals surface area contributed by atoms with Gasteiger partial charge in [-0.05, 0) is 31.1 Å². The smallest absolute Gasteiger partial charge is 0.0855 e. The standard InChI is InChI=1S/C10H16O/c1-2-10(11)7-8-4-3-5-9(10)6-8/h2,8-9,11H,1,3-7H2/t8-,9-,10-/m0/s1. The molecule has 0 saturated heterocycles. The van der Waals surface area contributed by atoms with Gasteiger partial charge in [0.05, 0.1) is 5.60 Å². The molecule has 2 fully saturated rings. The van der Waals surface area contributed by atoms with E-state index in [-0.39, 0.29) is 0 Å². The Hall–Kier alpha value is -0.300. The van der Waals surface area contributed by atoms with Gasteiger partial charge in [-0.2, -0.15) is 0 Å². The van der Waals surface area contributed by atoms with Crippen LogP contribution in [-0.2, 0) is 0 Å². The molecule has 0 aliphatic heterocycles. The summed E-state index contributed by atoms with van der Waals surface area (Å²) in [6, 6.07) is 0. The molecular formula is C10H16O. The molecule has 1 heteroatoms. The van der Waals surface area contributed by atoms with Crippen molar-refractivity contribution in [3.63, 3.8) is 0 Å². The molecule has 0 heterocycles. The Bertz CT molecular complexity index is 176. The number of aliphatic hydroxyl groups is 1. The van der Waals surface area contributed by atoms with Crippen LogP contribution < -0.4 is 0 Å². The Morgan fingerprint density at radius 2 is 2.27 bits per heavy atom. The zero-order valence-corrected chi connectivity index (χ0v) is 6.92. The van der Waals surface area contributed by atoms with E-state index in [1.807, 2.05) is 0 Å². The minimum absolute atomic E-state index is 0.499. The summed E-state index contributed by atoms with van der Waals surface area (Å²) in [4.78, 5) is 0. The highest BCUT2D eigenvalue weighted by molar-refractivity contribution is 5.08. The highest BCUT2D eigenvalue weighted by Crippen LogP contribution is 2.48. The van der Waals surface area contributed by atoms with Gasteiger partial charge in [-0.1, -0.05) is 18.9 Å². The molecule has 2 aliphatic rings. The Kier molecular flexibility index (Phi) is 1.57. The molecular weight excluding hydrogens is 136 g/mol. The summed E-state index contributed by atoms with van der Waals surface area (Å²) in [5.41, 5.74) is -0.499. The molecule has 1 N–H and O–H groups in total. The van der Waals surface area contributed by atoms with Crippen LogP contribution in [0.15, 0.2) is 12.7 Å². The third-order valence-corrected chi connectivity index (χ3v) is 3.46. The van der Waals surface area contributed by atoms with E-state index in [0.717, 1.165) is 12.3 Å². The third-order valence-electron chi connectivity index (χ3n) is 3.46. The molecule has 2 aliphatic carbocycles. The second kappa shape index (κ2) is 2.34. The van der Waals surface area contributed by atoms with Crippen LogP contribution in [0.4, 0.5) is 0 Å². The van der Waals surface area contributed by atoms with Crippen LogP contribution in [0.1, 0.15) is 32.1 Å². The maximum absolute atomic E-state index is 10.1. The lowest BCUT2D eigenvalue weighted by atomic mass is 9.85. The fourth-order valence-electron chi connectivity index (χ4n) is 2.81. The first-order valence-corrected chi connectivity index (χ1v) is 4.60. The molecule has 62 valence electrons. The van der Waals surface area contributed by atoms with Crippen molar-refractivity contribution in [3.05, 3.63) is 12.7 Å². The number of hydrogen-bond acceptors (Lipinski definition) is 1. The molecule has 0 spiro atoms. The Morgan fingerprint density at radius 1 is 1.45 bits per heavy atom. The summed E-state index contributed by atoms with van der Waals surface area (Å²) in [7, 11) is 0. The molecule has 0 radical (unpaired) electrons. The molecule has 2 saturated carbocycles. The van der Waals surface area contributed by atoms with Gasteiger partial charge in [-0.25, -0.2) is 0 Å². The van der Waals surface area contributed by atoms with Gasteiger partial charge in [0.15, 0.2) is 0 Å². The molecule has 0 aromatic carbocycles. The minimum Gasteiger partial charge on any atom is -0.386 e.